The fourth-order valence-electron chi connectivity index (χ4n) is 4.34. The van der Waals surface area contributed by atoms with Crippen LogP contribution in [0.3, 0.4) is 0 Å². The minimum Gasteiger partial charge on any atom is -1.00 e. The molecule has 3 heteroatoms. The molecular weight excluding hydrogens is 222 g/mol. The van der Waals surface area contributed by atoms with Gasteiger partial charge in [-0.15, -0.1) is 0 Å². The van der Waals surface area contributed by atoms with Crippen LogP contribution in [-0.2, 0) is 0 Å². The summed E-state index contributed by atoms with van der Waals surface area (Å²) >= 11 is 0. The van der Waals surface area contributed by atoms with Crippen molar-refractivity contribution in [1.29, 1.82) is 0 Å². The largest absolute Gasteiger partial charge is 1.00 e. The van der Waals surface area contributed by atoms with E-state index in [2.05, 4.69) is 0 Å². The first-order valence-corrected chi connectivity index (χ1v) is 6.89. The molecule has 0 aromatic rings. The highest BCUT2D eigenvalue weighted by Gasteiger charge is 2.47. The van der Waals surface area contributed by atoms with Crippen LogP contribution in [0.4, 0.5) is 0 Å². The average Bonchev–Trinajstić information content (AvgIpc) is 2.54. The van der Waals surface area contributed by atoms with Crippen molar-refractivity contribution in [2.45, 2.75) is 57.1 Å². The quantitative estimate of drug-likeness (QED) is 0.530. The van der Waals surface area contributed by atoms with Gasteiger partial charge in [-0.3, -0.25) is 0 Å². The second-order valence-electron chi connectivity index (χ2n) is 5.89. The molecule has 0 spiro atoms. The minimum absolute atomic E-state index is 0. The van der Waals surface area contributed by atoms with E-state index in [1.54, 1.807) is 0 Å². The van der Waals surface area contributed by atoms with E-state index in [1.165, 1.54) is 58.0 Å². The van der Waals surface area contributed by atoms with Gasteiger partial charge in [0.15, 0.2) is 0 Å². The Morgan fingerprint density at radius 1 is 0.875 bits per heavy atom. The van der Waals surface area contributed by atoms with Crippen LogP contribution < -0.4 is 17.3 Å². The Morgan fingerprint density at radius 2 is 1.56 bits per heavy atom. The lowest BCUT2D eigenvalue weighted by Crippen LogP contribution is -3.17. The summed E-state index contributed by atoms with van der Waals surface area (Å²) in [4.78, 5) is 1.82. The molecule has 0 amide bonds. The highest BCUT2D eigenvalue weighted by molar-refractivity contribution is 4.93. The summed E-state index contributed by atoms with van der Waals surface area (Å²) in [5.41, 5.74) is 0. The van der Waals surface area contributed by atoms with Crippen molar-refractivity contribution in [3.63, 3.8) is 0 Å². The van der Waals surface area contributed by atoms with E-state index in [0.29, 0.717) is 11.8 Å². The summed E-state index contributed by atoms with van der Waals surface area (Å²) in [6, 6.07) is 0.805. The van der Waals surface area contributed by atoms with Gasteiger partial charge in [0.05, 0.1) is 25.2 Å². The number of nitrogens with one attached hydrogen (secondary N) is 1. The van der Waals surface area contributed by atoms with Crippen molar-refractivity contribution in [2.75, 3.05) is 13.1 Å². The number of aliphatic hydroxyl groups excluding tert-OH is 1. The third kappa shape index (κ3) is 2.12. The van der Waals surface area contributed by atoms with Gasteiger partial charge in [0.2, 0.25) is 0 Å². The zero-order valence-corrected chi connectivity index (χ0v) is 10.8. The molecule has 3 rings (SSSR count). The molecule has 1 aliphatic heterocycles. The summed E-state index contributed by atoms with van der Waals surface area (Å²) < 4.78 is 0. The predicted molar refractivity (Wildman–Crippen MR) is 59.8 cm³/mol. The van der Waals surface area contributed by atoms with Crippen LogP contribution in [0, 0.1) is 11.8 Å². The fraction of sp³-hybridized carbons (Fsp3) is 1.00. The Morgan fingerprint density at radius 3 is 2.31 bits per heavy atom. The number of piperidine rings is 1. The number of quaternary nitrogens is 1. The number of fused-ring (bicyclic) bond motifs is 2. The van der Waals surface area contributed by atoms with Gasteiger partial charge in [0.1, 0.15) is 0 Å². The number of likely N-dealkylation sites (tertiary alicyclic amines) is 1. The lowest BCUT2D eigenvalue weighted by Gasteiger charge is -2.39. The molecule has 0 radical (unpaired) electrons. The first-order chi connectivity index (χ1) is 7.36. The molecule has 2 N–H and O–H groups in total. The molecule has 4 atom stereocenters. The maximum absolute atomic E-state index is 10.2. The van der Waals surface area contributed by atoms with Crippen LogP contribution in [0.2, 0.25) is 0 Å². The van der Waals surface area contributed by atoms with E-state index in [0.717, 1.165) is 6.04 Å². The molecule has 3 fully saturated rings. The molecular formula is C13H24ClNO. The SMILES string of the molecule is OC1C2CCC1C([NH+]1CCCCC1)CC2.[Cl-]. The normalized spacial score (nSPS) is 44.1. The summed E-state index contributed by atoms with van der Waals surface area (Å²) in [6.07, 6.45) is 9.61. The maximum Gasteiger partial charge on any atom is 0.0928 e. The highest BCUT2D eigenvalue weighted by atomic mass is 35.5. The predicted octanol–water partition coefficient (Wildman–Crippen LogP) is -2.39. The van der Waals surface area contributed by atoms with Gasteiger partial charge in [-0.1, -0.05) is 0 Å². The van der Waals surface area contributed by atoms with Gasteiger partial charge in [-0.05, 0) is 44.4 Å². The zero-order chi connectivity index (χ0) is 10.3. The molecule has 94 valence electrons. The monoisotopic (exact) mass is 245 g/mol. The summed E-state index contributed by atoms with van der Waals surface area (Å²) in [7, 11) is 0. The molecule has 3 aliphatic rings. The number of aliphatic hydroxyl groups is 1. The lowest BCUT2D eigenvalue weighted by atomic mass is 9.81. The van der Waals surface area contributed by atoms with Crippen molar-refractivity contribution in [3.8, 4) is 0 Å². The van der Waals surface area contributed by atoms with Crippen LogP contribution in [0.5, 0.6) is 0 Å². The van der Waals surface area contributed by atoms with Gasteiger partial charge in [-0.2, -0.15) is 0 Å². The summed E-state index contributed by atoms with van der Waals surface area (Å²) in [5.74, 6) is 1.31. The number of hydrogen-bond acceptors (Lipinski definition) is 1. The second-order valence-corrected chi connectivity index (χ2v) is 5.89. The van der Waals surface area contributed by atoms with E-state index in [1.807, 2.05) is 4.90 Å². The molecule has 2 aliphatic carbocycles. The van der Waals surface area contributed by atoms with E-state index in [4.69, 9.17) is 0 Å². The molecule has 1 heterocycles. The van der Waals surface area contributed by atoms with Gasteiger partial charge in [0.25, 0.3) is 0 Å². The third-order valence-corrected chi connectivity index (χ3v) is 5.18. The Balaban J connectivity index is 0.000000963. The third-order valence-electron chi connectivity index (χ3n) is 5.18. The van der Waals surface area contributed by atoms with E-state index < -0.39 is 0 Å². The summed E-state index contributed by atoms with van der Waals surface area (Å²) in [5, 5.41) is 10.2. The Labute approximate surface area is 105 Å². The zero-order valence-electron chi connectivity index (χ0n) is 10.00. The van der Waals surface area contributed by atoms with Crippen LogP contribution in [-0.4, -0.2) is 30.3 Å². The van der Waals surface area contributed by atoms with Gasteiger partial charge < -0.3 is 22.4 Å². The Hall–Kier alpha value is 0.210. The van der Waals surface area contributed by atoms with E-state index >= 15 is 0 Å². The Bertz CT molecular complexity index is 230. The maximum atomic E-state index is 10.2. The smallest absolute Gasteiger partial charge is 0.0928 e. The van der Waals surface area contributed by atoms with E-state index in [9.17, 15) is 5.11 Å². The molecule has 0 aromatic carbocycles. The fourth-order valence-corrected chi connectivity index (χ4v) is 4.34. The topological polar surface area (TPSA) is 24.7 Å². The Kier molecular flexibility index (Phi) is 4.15. The van der Waals surface area contributed by atoms with Crippen molar-refractivity contribution in [3.05, 3.63) is 0 Å². The van der Waals surface area contributed by atoms with Crippen LogP contribution in [0.25, 0.3) is 0 Å². The van der Waals surface area contributed by atoms with Crippen molar-refractivity contribution in [2.24, 2.45) is 11.8 Å². The van der Waals surface area contributed by atoms with Gasteiger partial charge in [-0.25, -0.2) is 0 Å². The average molecular weight is 246 g/mol. The molecule has 4 unspecified atom stereocenters. The van der Waals surface area contributed by atoms with Crippen LogP contribution in [0.15, 0.2) is 0 Å². The van der Waals surface area contributed by atoms with Crippen LogP contribution >= 0.6 is 0 Å². The molecule has 2 saturated carbocycles. The van der Waals surface area contributed by atoms with Gasteiger partial charge >= 0.3 is 0 Å². The van der Waals surface area contributed by atoms with Gasteiger partial charge in [0, 0.05) is 12.3 Å². The first-order valence-electron chi connectivity index (χ1n) is 6.89. The van der Waals surface area contributed by atoms with Crippen molar-refractivity contribution >= 4 is 0 Å². The number of rotatable bonds is 1. The second kappa shape index (κ2) is 5.24. The highest BCUT2D eigenvalue weighted by Crippen LogP contribution is 2.41. The molecule has 2 bridgehead atoms. The molecule has 16 heavy (non-hydrogen) atoms. The van der Waals surface area contributed by atoms with E-state index in [-0.39, 0.29) is 18.5 Å². The molecule has 0 aromatic heterocycles. The lowest BCUT2D eigenvalue weighted by molar-refractivity contribution is -0.935. The van der Waals surface area contributed by atoms with Crippen molar-refractivity contribution < 1.29 is 22.4 Å². The number of halogens is 1. The standard InChI is InChI=1S/C13H23NO.ClH/c15-13-10-4-6-11(13)12(7-5-10)14-8-2-1-3-9-14;/h10-13,15H,1-9H2;1H. The minimum atomic E-state index is 0. The first kappa shape index (κ1) is 12.7. The summed E-state index contributed by atoms with van der Waals surface area (Å²) in [6.45, 7) is 2.75. The van der Waals surface area contributed by atoms with Crippen molar-refractivity contribution in [1.82, 2.24) is 0 Å². The molecule has 1 saturated heterocycles. The van der Waals surface area contributed by atoms with Crippen LogP contribution in [0.1, 0.15) is 44.9 Å². The number of hydrogen-bond donors (Lipinski definition) is 2. The molecule has 2 nitrogen and oxygen atoms in total.